The molecule has 0 aliphatic rings. The van der Waals surface area contributed by atoms with Gasteiger partial charge in [-0.2, -0.15) is 5.26 Å². The Bertz CT molecular complexity index is 385. The van der Waals surface area contributed by atoms with Crippen molar-refractivity contribution in [3.63, 3.8) is 0 Å². The molecular weight excluding hydrogens is 178 g/mol. The van der Waals surface area contributed by atoms with Gasteiger partial charge in [-0.3, -0.25) is 0 Å². The summed E-state index contributed by atoms with van der Waals surface area (Å²) >= 11 is 0. The Morgan fingerprint density at radius 2 is 2.14 bits per heavy atom. The van der Waals surface area contributed by atoms with Gasteiger partial charge in [-0.15, -0.1) is 0 Å². The van der Waals surface area contributed by atoms with Crippen LogP contribution in [-0.2, 0) is 6.54 Å². The molecule has 0 amide bonds. The van der Waals surface area contributed by atoms with Crippen LogP contribution in [0.5, 0.6) is 0 Å². The summed E-state index contributed by atoms with van der Waals surface area (Å²) in [6.45, 7) is 5.89. The fraction of sp³-hybridized carbons (Fsp3) is 0.500. The SMILES string of the molecule is Cc1c(C#N)c(N)n(CC(C)O)c1C. The van der Waals surface area contributed by atoms with Crippen LogP contribution in [0.1, 0.15) is 23.7 Å². The van der Waals surface area contributed by atoms with E-state index in [4.69, 9.17) is 11.0 Å². The molecule has 0 saturated heterocycles. The van der Waals surface area contributed by atoms with Gasteiger partial charge in [0.1, 0.15) is 11.9 Å². The lowest BCUT2D eigenvalue weighted by molar-refractivity contribution is 0.173. The first kappa shape index (κ1) is 10.6. The second-order valence-corrected chi connectivity index (χ2v) is 3.54. The van der Waals surface area contributed by atoms with Crippen molar-refractivity contribution in [1.82, 2.24) is 4.57 Å². The Kier molecular flexibility index (Phi) is 2.82. The summed E-state index contributed by atoms with van der Waals surface area (Å²) in [6.07, 6.45) is -0.464. The summed E-state index contributed by atoms with van der Waals surface area (Å²) in [5, 5.41) is 18.1. The number of aliphatic hydroxyl groups excluding tert-OH is 1. The first-order valence-electron chi connectivity index (χ1n) is 4.52. The van der Waals surface area contributed by atoms with Gasteiger partial charge in [0.25, 0.3) is 0 Å². The Hall–Kier alpha value is -1.47. The van der Waals surface area contributed by atoms with Crippen LogP contribution in [0.3, 0.4) is 0 Å². The zero-order valence-electron chi connectivity index (χ0n) is 8.70. The third kappa shape index (κ3) is 1.59. The van der Waals surface area contributed by atoms with Crippen LogP contribution < -0.4 is 5.73 Å². The minimum Gasteiger partial charge on any atom is -0.392 e. The number of hydrogen-bond donors (Lipinski definition) is 2. The number of aromatic nitrogens is 1. The van der Waals surface area contributed by atoms with Crippen molar-refractivity contribution in [2.45, 2.75) is 33.4 Å². The minimum atomic E-state index is -0.464. The van der Waals surface area contributed by atoms with Gasteiger partial charge in [0.15, 0.2) is 0 Å². The van der Waals surface area contributed by atoms with Gasteiger partial charge >= 0.3 is 0 Å². The van der Waals surface area contributed by atoms with Crippen molar-refractivity contribution >= 4 is 5.82 Å². The Morgan fingerprint density at radius 1 is 1.57 bits per heavy atom. The quantitative estimate of drug-likeness (QED) is 0.734. The zero-order valence-corrected chi connectivity index (χ0v) is 8.70. The lowest BCUT2D eigenvalue weighted by Gasteiger charge is -2.10. The van der Waals surface area contributed by atoms with Gasteiger partial charge in [-0.05, 0) is 26.3 Å². The molecule has 0 fully saturated rings. The zero-order chi connectivity index (χ0) is 10.9. The fourth-order valence-corrected chi connectivity index (χ4v) is 1.53. The van der Waals surface area contributed by atoms with E-state index in [2.05, 4.69) is 6.07 Å². The van der Waals surface area contributed by atoms with E-state index >= 15 is 0 Å². The molecule has 1 aromatic rings. The molecule has 76 valence electrons. The summed E-state index contributed by atoms with van der Waals surface area (Å²) < 4.78 is 1.78. The Labute approximate surface area is 83.6 Å². The van der Waals surface area contributed by atoms with E-state index in [1.807, 2.05) is 13.8 Å². The fourth-order valence-electron chi connectivity index (χ4n) is 1.53. The Morgan fingerprint density at radius 3 is 2.50 bits per heavy atom. The van der Waals surface area contributed by atoms with Crippen molar-refractivity contribution in [2.24, 2.45) is 0 Å². The van der Waals surface area contributed by atoms with E-state index in [0.29, 0.717) is 17.9 Å². The van der Waals surface area contributed by atoms with E-state index < -0.39 is 6.10 Å². The summed E-state index contributed by atoms with van der Waals surface area (Å²) in [7, 11) is 0. The van der Waals surface area contributed by atoms with Crippen molar-refractivity contribution in [2.75, 3.05) is 5.73 Å². The summed E-state index contributed by atoms with van der Waals surface area (Å²) in [5.74, 6) is 0.448. The van der Waals surface area contributed by atoms with E-state index in [1.165, 1.54) is 0 Å². The normalized spacial score (nSPS) is 12.5. The molecule has 1 heterocycles. The highest BCUT2D eigenvalue weighted by molar-refractivity contribution is 5.57. The summed E-state index contributed by atoms with van der Waals surface area (Å²) in [6, 6.07) is 2.07. The molecule has 0 aliphatic heterocycles. The monoisotopic (exact) mass is 193 g/mol. The van der Waals surface area contributed by atoms with Crippen LogP contribution >= 0.6 is 0 Å². The maximum Gasteiger partial charge on any atom is 0.122 e. The second-order valence-electron chi connectivity index (χ2n) is 3.54. The molecule has 0 aromatic carbocycles. The highest BCUT2D eigenvalue weighted by Crippen LogP contribution is 2.23. The molecule has 14 heavy (non-hydrogen) atoms. The molecule has 1 rings (SSSR count). The number of nitrogen functional groups attached to an aromatic ring is 1. The molecule has 0 aliphatic carbocycles. The number of anilines is 1. The molecule has 4 heteroatoms. The first-order valence-corrected chi connectivity index (χ1v) is 4.52. The van der Waals surface area contributed by atoms with Crippen LogP contribution in [0.25, 0.3) is 0 Å². The standard InChI is InChI=1S/C10H15N3O/c1-6(14)5-13-8(3)7(2)9(4-11)10(13)12/h6,14H,5,12H2,1-3H3. The van der Waals surface area contributed by atoms with E-state index in [-0.39, 0.29) is 0 Å². The van der Waals surface area contributed by atoms with Crippen LogP contribution in [0, 0.1) is 25.2 Å². The molecule has 0 radical (unpaired) electrons. The maximum atomic E-state index is 9.27. The summed E-state index contributed by atoms with van der Waals surface area (Å²) in [5.41, 5.74) is 8.15. The van der Waals surface area contributed by atoms with Gasteiger partial charge in [0.05, 0.1) is 11.7 Å². The van der Waals surface area contributed by atoms with E-state index in [0.717, 1.165) is 11.3 Å². The summed E-state index contributed by atoms with van der Waals surface area (Å²) in [4.78, 5) is 0. The van der Waals surface area contributed by atoms with Gasteiger partial charge in [-0.1, -0.05) is 0 Å². The molecule has 1 aromatic heterocycles. The molecule has 0 spiro atoms. The van der Waals surface area contributed by atoms with Gasteiger partial charge in [0.2, 0.25) is 0 Å². The number of nitrogens with zero attached hydrogens (tertiary/aromatic N) is 2. The van der Waals surface area contributed by atoms with E-state index in [9.17, 15) is 5.11 Å². The predicted molar refractivity (Wildman–Crippen MR) is 54.7 cm³/mol. The van der Waals surface area contributed by atoms with Crippen LogP contribution in [-0.4, -0.2) is 15.8 Å². The minimum absolute atomic E-state index is 0.431. The topological polar surface area (TPSA) is 75.0 Å². The van der Waals surface area contributed by atoms with Crippen molar-refractivity contribution < 1.29 is 5.11 Å². The number of rotatable bonds is 2. The molecular formula is C10H15N3O. The molecule has 3 N–H and O–H groups in total. The largest absolute Gasteiger partial charge is 0.392 e. The molecule has 1 unspecified atom stereocenters. The molecule has 0 saturated carbocycles. The van der Waals surface area contributed by atoms with Crippen molar-refractivity contribution in [3.8, 4) is 6.07 Å². The average Bonchev–Trinajstić information content (AvgIpc) is 2.30. The lowest BCUT2D eigenvalue weighted by atomic mass is 10.2. The van der Waals surface area contributed by atoms with Crippen LogP contribution in [0.15, 0.2) is 0 Å². The van der Waals surface area contributed by atoms with Gasteiger partial charge in [0, 0.05) is 12.2 Å². The average molecular weight is 193 g/mol. The van der Waals surface area contributed by atoms with Gasteiger partial charge < -0.3 is 15.4 Å². The third-order valence-electron chi connectivity index (χ3n) is 2.43. The highest BCUT2D eigenvalue weighted by atomic mass is 16.3. The second kappa shape index (κ2) is 3.72. The molecule has 1 atom stereocenters. The number of hydrogen-bond acceptors (Lipinski definition) is 3. The number of nitriles is 1. The molecule has 0 bridgehead atoms. The van der Waals surface area contributed by atoms with Crippen LogP contribution in [0.4, 0.5) is 5.82 Å². The smallest absolute Gasteiger partial charge is 0.122 e. The maximum absolute atomic E-state index is 9.27. The lowest BCUT2D eigenvalue weighted by Crippen LogP contribution is -2.15. The van der Waals surface area contributed by atoms with E-state index in [1.54, 1.807) is 11.5 Å². The molecule has 4 nitrogen and oxygen atoms in total. The third-order valence-corrected chi connectivity index (χ3v) is 2.43. The number of nitrogens with two attached hydrogens (primary N) is 1. The number of aliphatic hydroxyl groups is 1. The van der Waals surface area contributed by atoms with Gasteiger partial charge in [-0.25, -0.2) is 0 Å². The predicted octanol–water partition coefficient (Wildman–Crippen LogP) is 0.940. The van der Waals surface area contributed by atoms with Crippen molar-refractivity contribution in [1.29, 1.82) is 5.26 Å². The Balaban J connectivity index is 3.25. The van der Waals surface area contributed by atoms with Crippen molar-refractivity contribution in [3.05, 3.63) is 16.8 Å². The highest BCUT2D eigenvalue weighted by Gasteiger charge is 2.15. The first-order chi connectivity index (χ1) is 6.49. The van der Waals surface area contributed by atoms with Crippen LogP contribution in [0.2, 0.25) is 0 Å².